The van der Waals surface area contributed by atoms with Crippen molar-refractivity contribution in [3.8, 4) is 0 Å². The molecule has 2 aromatic rings. The van der Waals surface area contributed by atoms with Crippen LogP contribution >= 0.6 is 11.3 Å². The number of nitrogen functional groups attached to an aromatic ring is 1. The molecule has 2 aromatic heterocycles. The average Bonchev–Trinajstić information content (AvgIpc) is 2.95. The molecular weight excluding hydrogens is 304 g/mol. The number of ether oxygens (including phenoxy) is 1. The fourth-order valence-corrected chi connectivity index (χ4v) is 2.63. The maximum Gasteiger partial charge on any atom is 0.283 e. The first kappa shape index (κ1) is 14.2. The third kappa shape index (κ3) is 2.44. The Hall–Kier alpha value is -2.74. The molecule has 0 spiro atoms. The third-order valence-electron chi connectivity index (χ3n) is 3.01. The number of carbonyl (C=O) groups excluding carboxylic acids is 1. The van der Waals surface area contributed by atoms with Gasteiger partial charge < -0.3 is 10.5 Å². The topological polar surface area (TPSA) is 99.6 Å². The largest absolute Gasteiger partial charge is 0.490 e. The van der Waals surface area contributed by atoms with Crippen molar-refractivity contribution in [1.82, 2.24) is 14.6 Å². The standard InChI is InChI=1S/C14H12N4O3S/c1-2-21-11-6-8(3-4-10(11)19)5-9-12(15)18-14(17-13(9)20)22-7-16-18/h3-7H,2,15H2,1H3. The highest BCUT2D eigenvalue weighted by molar-refractivity contribution is 7.14. The second-order valence-corrected chi connectivity index (χ2v) is 5.24. The van der Waals surface area contributed by atoms with E-state index in [-0.39, 0.29) is 22.9 Å². The second-order valence-electron chi connectivity index (χ2n) is 4.43. The summed E-state index contributed by atoms with van der Waals surface area (Å²) in [5, 5.41) is 4.04. The Balaban J connectivity index is 2.11. The van der Waals surface area contributed by atoms with Crippen molar-refractivity contribution in [3.05, 3.63) is 51.0 Å². The second kappa shape index (κ2) is 5.57. The summed E-state index contributed by atoms with van der Waals surface area (Å²) in [6.45, 7) is 2.18. The number of nitrogens with zero attached hydrogens (tertiary/aromatic N) is 3. The summed E-state index contributed by atoms with van der Waals surface area (Å²) < 4.78 is 6.67. The van der Waals surface area contributed by atoms with Crippen LogP contribution in [0.1, 0.15) is 12.5 Å². The van der Waals surface area contributed by atoms with E-state index in [2.05, 4.69) is 10.1 Å². The van der Waals surface area contributed by atoms with Crippen LogP contribution in [-0.4, -0.2) is 27.0 Å². The van der Waals surface area contributed by atoms with Gasteiger partial charge in [-0.2, -0.15) is 14.6 Å². The summed E-state index contributed by atoms with van der Waals surface area (Å²) in [4.78, 5) is 28.1. The minimum atomic E-state index is -0.439. The number of fused-ring (bicyclic) bond motifs is 1. The van der Waals surface area contributed by atoms with E-state index in [1.807, 2.05) is 0 Å². The fraction of sp³-hybridized carbons (Fsp3) is 0.143. The van der Waals surface area contributed by atoms with Crippen LogP contribution in [0.5, 0.6) is 0 Å². The van der Waals surface area contributed by atoms with Crippen LogP contribution in [0.25, 0.3) is 11.0 Å². The van der Waals surface area contributed by atoms with E-state index in [0.29, 0.717) is 17.1 Å². The lowest BCUT2D eigenvalue weighted by Gasteiger charge is -2.10. The molecule has 3 rings (SSSR count). The highest BCUT2D eigenvalue weighted by atomic mass is 32.1. The molecule has 0 bridgehead atoms. The summed E-state index contributed by atoms with van der Waals surface area (Å²) in [6.07, 6.45) is 6.12. The van der Waals surface area contributed by atoms with Gasteiger partial charge in [0.05, 0.1) is 12.2 Å². The lowest BCUT2D eigenvalue weighted by molar-refractivity contribution is -0.114. The van der Waals surface area contributed by atoms with Crippen molar-refractivity contribution in [2.24, 2.45) is 0 Å². The Morgan fingerprint density at radius 3 is 3.00 bits per heavy atom. The summed E-state index contributed by atoms with van der Waals surface area (Å²) >= 11 is 1.23. The van der Waals surface area contributed by atoms with Gasteiger partial charge in [0, 0.05) is 0 Å². The molecule has 2 N–H and O–H groups in total. The maximum absolute atomic E-state index is 12.1. The van der Waals surface area contributed by atoms with E-state index in [0.717, 1.165) is 0 Å². The van der Waals surface area contributed by atoms with E-state index in [1.54, 1.807) is 30.7 Å². The maximum atomic E-state index is 12.1. The predicted molar refractivity (Wildman–Crippen MR) is 83.4 cm³/mol. The number of rotatable bonds is 3. The minimum absolute atomic E-state index is 0.209. The van der Waals surface area contributed by atoms with Crippen molar-refractivity contribution in [1.29, 1.82) is 0 Å². The van der Waals surface area contributed by atoms with Crippen LogP contribution in [0.2, 0.25) is 0 Å². The van der Waals surface area contributed by atoms with Gasteiger partial charge in [-0.15, -0.1) is 0 Å². The molecule has 7 nitrogen and oxygen atoms in total. The molecule has 0 aliphatic heterocycles. The van der Waals surface area contributed by atoms with Crippen molar-refractivity contribution in [3.63, 3.8) is 0 Å². The van der Waals surface area contributed by atoms with Crippen molar-refractivity contribution in [2.75, 3.05) is 12.3 Å². The molecule has 0 saturated heterocycles. The molecule has 8 heteroatoms. The fourth-order valence-electron chi connectivity index (χ4n) is 2.01. The zero-order valence-corrected chi connectivity index (χ0v) is 12.5. The number of ketones is 1. The highest BCUT2D eigenvalue weighted by Crippen LogP contribution is 2.19. The van der Waals surface area contributed by atoms with Crippen LogP contribution in [0.4, 0.5) is 5.82 Å². The normalized spacial score (nSPS) is 16.3. The number of anilines is 1. The van der Waals surface area contributed by atoms with Gasteiger partial charge in [-0.1, -0.05) is 17.4 Å². The lowest BCUT2D eigenvalue weighted by Crippen LogP contribution is -2.17. The van der Waals surface area contributed by atoms with Crippen LogP contribution in [0.15, 0.2) is 39.9 Å². The molecule has 0 aromatic carbocycles. The summed E-state index contributed by atoms with van der Waals surface area (Å²) in [5.74, 6) is 0.231. The first-order valence-electron chi connectivity index (χ1n) is 6.50. The van der Waals surface area contributed by atoms with E-state index < -0.39 is 5.56 Å². The quantitative estimate of drug-likeness (QED) is 0.912. The number of hydrogen-bond acceptors (Lipinski definition) is 7. The molecular formula is C14H12N4O3S. The molecule has 1 aliphatic rings. The molecule has 0 radical (unpaired) electrons. The number of hydrogen-bond donors (Lipinski definition) is 1. The molecule has 2 heterocycles. The monoisotopic (exact) mass is 316 g/mol. The number of nitrogens with two attached hydrogens (primary N) is 1. The minimum Gasteiger partial charge on any atom is -0.490 e. The van der Waals surface area contributed by atoms with E-state index in [4.69, 9.17) is 10.5 Å². The van der Waals surface area contributed by atoms with Crippen LogP contribution < -0.4 is 11.3 Å². The SMILES string of the molecule is CCOC1=CC(=Cc2c(N)n3ncsc3nc2=O)C=CC1=O. The van der Waals surface area contributed by atoms with Crippen LogP contribution in [0, 0.1) is 0 Å². The van der Waals surface area contributed by atoms with Crippen LogP contribution in [0.3, 0.4) is 0 Å². The summed E-state index contributed by atoms with van der Waals surface area (Å²) in [6, 6.07) is 0. The van der Waals surface area contributed by atoms with E-state index >= 15 is 0 Å². The van der Waals surface area contributed by atoms with Crippen molar-refractivity contribution in [2.45, 2.75) is 6.92 Å². The summed E-state index contributed by atoms with van der Waals surface area (Å²) in [5.41, 5.74) is 7.95. The molecule has 1 aliphatic carbocycles. The van der Waals surface area contributed by atoms with E-state index in [9.17, 15) is 9.59 Å². The molecule has 0 unspecified atom stereocenters. The highest BCUT2D eigenvalue weighted by Gasteiger charge is 2.15. The first-order chi connectivity index (χ1) is 10.6. The summed E-state index contributed by atoms with van der Waals surface area (Å²) in [7, 11) is 0. The first-order valence-corrected chi connectivity index (χ1v) is 7.38. The number of allylic oxidation sites excluding steroid dienone is 4. The average molecular weight is 316 g/mol. The van der Waals surface area contributed by atoms with Crippen LogP contribution in [-0.2, 0) is 9.53 Å². The van der Waals surface area contributed by atoms with E-state index in [1.165, 1.54) is 21.9 Å². The van der Waals surface area contributed by atoms with Crippen molar-refractivity contribution >= 4 is 34.0 Å². The Bertz CT molecular complexity index is 904. The van der Waals surface area contributed by atoms with Gasteiger partial charge in [0.1, 0.15) is 11.3 Å². The Labute approximate surface area is 129 Å². The van der Waals surface area contributed by atoms with Gasteiger partial charge in [0.15, 0.2) is 5.76 Å². The molecule has 0 saturated carbocycles. The van der Waals surface area contributed by atoms with Gasteiger partial charge in [0.2, 0.25) is 10.7 Å². The number of carbonyl (C=O) groups is 1. The molecule has 0 fully saturated rings. The zero-order chi connectivity index (χ0) is 15.7. The van der Waals surface area contributed by atoms with Gasteiger partial charge in [-0.05, 0) is 30.7 Å². The predicted octanol–water partition coefficient (Wildman–Crippen LogP) is 1.18. The molecule has 0 amide bonds. The van der Waals surface area contributed by atoms with Gasteiger partial charge in [-0.3, -0.25) is 9.59 Å². The molecule has 0 atom stereocenters. The third-order valence-corrected chi connectivity index (χ3v) is 3.69. The van der Waals surface area contributed by atoms with Gasteiger partial charge >= 0.3 is 0 Å². The number of aromatic nitrogens is 3. The van der Waals surface area contributed by atoms with Crippen molar-refractivity contribution < 1.29 is 9.53 Å². The molecule has 22 heavy (non-hydrogen) atoms. The Morgan fingerprint density at radius 1 is 1.41 bits per heavy atom. The van der Waals surface area contributed by atoms with Gasteiger partial charge in [-0.25, -0.2) is 0 Å². The zero-order valence-electron chi connectivity index (χ0n) is 11.6. The lowest BCUT2D eigenvalue weighted by atomic mass is 10.0. The van der Waals surface area contributed by atoms with Gasteiger partial charge in [0.25, 0.3) is 5.56 Å². The smallest absolute Gasteiger partial charge is 0.283 e. The molecule has 112 valence electrons. The Morgan fingerprint density at radius 2 is 2.23 bits per heavy atom. The Kier molecular flexibility index (Phi) is 3.60.